The summed E-state index contributed by atoms with van der Waals surface area (Å²) >= 11 is 6.10. The van der Waals surface area contributed by atoms with Crippen LogP contribution in [-0.4, -0.2) is 16.6 Å². The first-order valence-corrected chi connectivity index (χ1v) is 6.75. The summed E-state index contributed by atoms with van der Waals surface area (Å²) in [6.45, 7) is 3.45. The van der Waals surface area contributed by atoms with Crippen LogP contribution < -0.4 is 11.1 Å². The van der Waals surface area contributed by atoms with Gasteiger partial charge in [0.15, 0.2) is 5.82 Å². The molecule has 0 aliphatic heterocycles. The summed E-state index contributed by atoms with van der Waals surface area (Å²) in [6.07, 6.45) is 0. The maximum Gasteiger partial charge on any atom is 0.158 e. The minimum Gasteiger partial charge on any atom is -0.384 e. The van der Waals surface area contributed by atoms with Crippen molar-refractivity contribution in [3.63, 3.8) is 0 Å². The van der Waals surface area contributed by atoms with Crippen molar-refractivity contribution < 1.29 is 4.74 Å². The van der Waals surface area contributed by atoms with E-state index in [9.17, 15) is 0 Å². The van der Waals surface area contributed by atoms with Crippen LogP contribution in [0.15, 0.2) is 30.3 Å². The maximum absolute atomic E-state index is 6.10. The summed E-state index contributed by atoms with van der Waals surface area (Å²) in [4.78, 5) is 8.47. The van der Waals surface area contributed by atoms with Crippen molar-refractivity contribution in [3.05, 3.63) is 46.7 Å². The normalized spacial score (nSPS) is 10.5. The van der Waals surface area contributed by atoms with E-state index in [4.69, 9.17) is 22.1 Å². The number of aromatic nitrogens is 2. The Bertz CT molecular complexity index is 577. The Morgan fingerprint density at radius 1 is 1.30 bits per heavy atom. The molecule has 0 bridgehead atoms. The van der Waals surface area contributed by atoms with E-state index in [0.717, 1.165) is 10.6 Å². The second-order valence-corrected chi connectivity index (χ2v) is 4.58. The molecule has 3 N–H and O–H groups in total. The smallest absolute Gasteiger partial charge is 0.158 e. The molecule has 0 spiro atoms. The van der Waals surface area contributed by atoms with Gasteiger partial charge in [-0.15, -0.1) is 0 Å². The summed E-state index contributed by atoms with van der Waals surface area (Å²) in [5.74, 6) is 1.64. The molecule has 1 heterocycles. The summed E-state index contributed by atoms with van der Waals surface area (Å²) in [6, 6.07) is 9.34. The molecular weight excluding hydrogens is 276 g/mol. The van der Waals surface area contributed by atoms with Gasteiger partial charge < -0.3 is 15.8 Å². The Hall–Kier alpha value is -1.85. The standard InChI is InChI=1S/C14H17ClN4O/c1-2-20-9-14-18-12(16)7-13(19-14)17-8-10-5-3-4-6-11(10)15/h3-7H,2,8-9H2,1H3,(H3,16,17,18,19). The fraction of sp³-hybridized carbons (Fsp3) is 0.286. The predicted octanol–water partition coefficient (Wildman–Crippen LogP) is 2.86. The molecule has 0 fully saturated rings. The lowest BCUT2D eigenvalue weighted by Gasteiger charge is -2.09. The van der Waals surface area contributed by atoms with Crippen molar-refractivity contribution >= 4 is 23.2 Å². The van der Waals surface area contributed by atoms with Crippen LogP contribution >= 0.6 is 11.6 Å². The van der Waals surface area contributed by atoms with E-state index >= 15 is 0 Å². The number of nitrogens with zero attached hydrogens (tertiary/aromatic N) is 2. The zero-order chi connectivity index (χ0) is 14.4. The van der Waals surface area contributed by atoms with Crippen molar-refractivity contribution in [2.24, 2.45) is 0 Å². The molecule has 2 aromatic rings. The minimum atomic E-state index is 0.350. The quantitative estimate of drug-likeness (QED) is 0.856. The third-order valence-electron chi connectivity index (χ3n) is 2.65. The number of nitrogen functional groups attached to an aromatic ring is 1. The molecule has 0 aliphatic rings. The van der Waals surface area contributed by atoms with Crippen LogP contribution in [0, 0.1) is 0 Å². The van der Waals surface area contributed by atoms with E-state index in [1.54, 1.807) is 6.07 Å². The van der Waals surface area contributed by atoms with Gasteiger partial charge in [-0.05, 0) is 18.6 Å². The van der Waals surface area contributed by atoms with E-state index in [0.29, 0.717) is 37.2 Å². The Morgan fingerprint density at radius 2 is 2.10 bits per heavy atom. The second-order valence-electron chi connectivity index (χ2n) is 4.18. The van der Waals surface area contributed by atoms with E-state index in [-0.39, 0.29) is 0 Å². The fourth-order valence-corrected chi connectivity index (χ4v) is 1.90. The van der Waals surface area contributed by atoms with Crippen molar-refractivity contribution in [2.45, 2.75) is 20.1 Å². The lowest BCUT2D eigenvalue weighted by Crippen LogP contribution is -2.08. The van der Waals surface area contributed by atoms with Crippen LogP contribution in [0.3, 0.4) is 0 Å². The molecule has 0 saturated carbocycles. The van der Waals surface area contributed by atoms with Gasteiger partial charge in [-0.3, -0.25) is 0 Å². The van der Waals surface area contributed by atoms with Gasteiger partial charge in [0, 0.05) is 24.2 Å². The molecule has 0 amide bonds. The minimum absolute atomic E-state index is 0.350. The third-order valence-corrected chi connectivity index (χ3v) is 3.01. The number of hydrogen-bond donors (Lipinski definition) is 2. The fourth-order valence-electron chi connectivity index (χ4n) is 1.69. The average Bonchev–Trinajstić information content (AvgIpc) is 2.44. The van der Waals surface area contributed by atoms with Crippen molar-refractivity contribution in [3.8, 4) is 0 Å². The Balaban J connectivity index is 2.05. The van der Waals surface area contributed by atoms with Gasteiger partial charge >= 0.3 is 0 Å². The molecule has 2 rings (SSSR count). The lowest BCUT2D eigenvalue weighted by molar-refractivity contribution is 0.128. The number of benzene rings is 1. The van der Waals surface area contributed by atoms with Crippen molar-refractivity contribution in [2.75, 3.05) is 17.7 Å². The number of halogens is 1. The lowest BCUT2D eigenvalue weighted by atomic mass is 10.2. The predicted molar refractivity (Wildman–Crippen MR) is 80.6 cm³/mol. The highest BCUT2D eigenvalue weighted by Crippen LogP contribution is 2.17. The molecule has 20 heavy (non-hydrogen) atoms. The van der Waals surface area contributed by atoms with Crippen LogP contribution in [0.4, 0.5) is 11.6 Å². The molecule has 0 unspecified atom stereocenters. The molecule has 0 radical (unpaired) electrons. The number of hydrogen-bond acceptors (Lipinski definition) is 5. The summed E-state index contributed by atoms with van der Waals surface area (Å²) < 4.78 is 5.28. The number of nitrogens with one attached hydrogen (secondary N) is 1. The highest BCUT2D eigenvalue weighted by Gasteiger charge is 2.04. The zero-order valence-corrected chi connectivity index (χ0v) is 12.0. The molecule has 0 aliphatic carbocycles. The van der Waals surface area contributed by atoms with Gasteiger partial charge in [0.25, 0.3) is 0 Å². The molecule has 1 aromatic heterocycles. The Kier molecular flexibility index (Phi) is 5.15. The zero-order valence-electron chi connectivity index (χ0n) is 11.3. The van der Waals surface area contributed by atoms with Gasteiger partial charge in [-0.2, -0.15) is 0 Å². The number of nitrogens with two attached hydrogens (primary N) is 1. The Labute approximate surface area is 123 Å². The highest BCUT2D eigenvalue weighted by atomic mass is 35.5. The van der Waals surface area contributed by atoms with Gasteiger partial charge in [0.05, 0.1) is 0 Å². The molecule has 1 aromatic carbocycles. The van der Waals surface area contributed by atoms with Crippen molar-refractivity contribution in [1.82, 2.24) is 9.97 Å². The monoisotopic (exact) mass is 292 g/mol. The first-order chi connectivity index (χ1) is 9.69. The van der Waals surface area contributed by atoms with Gasteiger partial charge in [0.1, 0.15) is 18.2 Å². The SMILES string of the molecule is CCOCc1nc(N)cc(NCc2ccccc2Cl)n1. The summed E-state index contributed by atoms with van der Waals surface area (Å²) in [5.41, 5.74) is 6.76. The first-order valence-electron chi connectivity index (χ1n) is 6.37. The van der Waals surface area contributed by atoms with Gasteiger partial charge in [0.2, 0.25) is 0 Å². The highest BCUT2D eigenvalue weighted by molar-refractivity contribution is 6.31. The Morgan fingerprint density at radius 3 is 2.85 bits per heavy atom. The van der Waals surface area contributed by atoms with E-state index in [1.165, 1.54) is 0 Å². The summed E-state index contributed by atoms with van der Waals surface area (Å²) in [5, 5.41) is 3.91. The van der Waals surface area contributed by atoms with E-state index in [2.05, 4.69) is 15.3 Å². The molecule has 106 valence electrons. The van der Waals surface area contributed by atoms with Crippen LogP contribution in [-0.2, 0) is 17.9 Å². The molecule has 6 heteroatoms. The van der Waals surface area contributed by atoms with Crippen LogP contribution in [0.2, 0.25) is 5.02 Å². The van der Waals surface area contributed by atoms with Gasteiger partial charge in [-0.25, -0.2) is 9.97 Å². The first kappa shape index (κ1) is 14.6. The molecular formula is C14H17ClN4O. The van der Waals surface area contributed by atoms with E-state index < -0.39 is 0 Å². The maximum atomic E-state index is 6.10. The largest absolute Gasteiger partial charge is 0.384 e. The van der Waals surface area contributed by atoms with Gasteiger partial charge in [-0.1, -0.05) is 29.8 Å². The third kappa shape index (κ3) is 4.08. The molecule has 5 nitrogen and oxygen atoms in total. The number of ether oxygens (including phenoxy) is 1. The van der Waals surface area contributed by atoms with Crippen LogP contribution in [0.5, 0.6) is 0 Å². The molecule has 0 saturated heterocycles. The number of anilines is 2. The van der Waals surface area contributed by atoms with Crippen molar-refractivity contribution in [1.29, 1.82) is 0 Å². The second kappa shape index (κ2) is 7.07. The average molecular weight is 293 g/mol. The van der Waals surface area contributed by atoms with Crippen LogP contribution in [0.1, 0.15) is 18.3 Å². The van der Waals surface area contributed by atoms with Crippen LogP contribution in [0.25, 0.3) is 0 Å². The van der Waals surface area contributed by atoms with E-state index in [1.807, 2.05) is 31.2 Å². The number of rotatable bonds is 6. The summed E-state index contributed by atoms with van der Waals surface area (Å²) in [7, 11) is 0. The topological polar surface area (TPSA) is 73.1 Å². The molecule has 0 atom stereocenters.